The van der Waals surface area contributed by atoms with Crippen molar-refractivity contribution in [1.82, 2.24) is 19.8 Å². The van der Waals surface area contributed by atoms with Crippen molar-refractivity contribution >= 4 is 32.9 Å². The van der Waals surface area contributed by atoms with Crippen molar-refractivity contribution in [2.75, 3.05) is 19.6 Å². The maximum atomic E-state index is 12.3. The molecule has 1 aliphatic rings. The number of aromatic nitrogens is 2. The van der Waals surface area contributed by atoms with E-state index in [1.165, 1.54) is 0 Å². The van der Waals surface area contributed by atoms with Crippen molar-refractivity contribution in [3.8, 4) is 5.69 Å². The minimum absolute atomic E-state index is 0.142. The summed E-state index contributed by atoms with van der Waals surface area (Å²) in [6.45, 7) is 5.49. The Labute approximate surface area is 180 Å². The molecule has 4 rings (SSSR count). The predicted molar refractivity (Wildman–Crippen MR) is 120 cm³/mol. The van der Waals surface area contributed by atoms with Gasteiger partial charge in [-0.05, 0) is 68.8 Å². The topological polar surface area (TPSA) is 50.2 Å². The fourth-order valence-electron chi connectivity index (χ4n) is 4.01. The molecule has 1 aliphatic heterocycles. The molecule has 0 bridgehead atoms. The summed E-state index contributed by atoms with van der Waals surface area (Å²) in [5, 5.41) is 3.04. The van der Waals surface area contributed by atoms with Gasteiger partial charge in [0, 0.05) is 22.6 Å². The second kappa shape index (κ2) is 9.09. The van der Waals surface area contributed by atoms with Crippen molar-refractivity contribution in [2.24, 2.45) is 5.92 Å². The van der Waals surface area contributed by atoms with Gasteiger partial charge in [0.05, 0.1) is 17.6 Å². The van der Waals surface area contributed by atoms with Crippen LogP contribution in [0.1, 0.15) is 32.0 Å². The molecule has 5 nitrogen and oxygen atoms in total. The first kappa shape index (κ1) is 20.1. The summed E-state index contributed by atoms with van der Waals surface area (Å²) in [7, 11) is 0. The fourth-order valence-corrected chi connectivity index (χ4v) is 4.27. The van der Waals surface area contributed by atoms with Crippen LogP contribution in [0.15, 0.2) is 53.0 Å². The van der Waals surface area contributed by atoms with Gasteiger partial charge in [0.15, 0.2) is 0 Å². The predicted octanol–water partition coefficient (Wildman–Crippen LogP) is 4.53. The lowest BCUT2D eigenvalue weighted by Crippen LogP contribution is -2.40. The number of amides is 1. The van der Waals surface area contributed by atoms with E-state index in [-0.39, 0.29) is 11.8 Å². The largest absolute Gasteiger partial charge is 0.356 e. The number of para-hydroxylation sites is 2. The quantitative estimate of drug-likeness (QED) is 0.595. The first-order valence-electron chi connectivity index (χ1n) is 10.4. The van der Waals surface area contributed by atoms with Gasteiger partial charge in [-0.25, -0.2) is 4.98 Å². The minimum atomic E-state index is 0.142. The maximum absolute atomic E-state index is 12.3. The van der Waals surface area contributed by atoms with Crippen LogP contribution in [0.5, 0.6) is 0 Å². The Morgan fingerprint density at radius 1 is 1.14 bits per heavy atom. The molecule has 1 fully saturated rings. The average molecular weight is 455 g/mol. The van der Waals surface area contributed by atoms with Crippen LogP contribution in [0, 0.1) is 5.92 Å². The summed E-state index contributed by atoms with van der Waals surface area (Å²) >= 11 is 3.52. The third kappa shape index (κ3) is 4.54. The Bertz CT molecular complexity index is 974. The Balaban J connectivity index is 1.52. The molecule has 29 heavy (non-hydrogen) atoms. The lowest BCUT2D eigenvalue weighted by molar-refractivity contribution is -0.126. The van der Waals surface area contributed by atoms with Crippen LogP contribution >= 0.6 is 15.9 Å². The van der Waals surface area contributed by atoms with Gasteiger partial charge in [-0.15, -0.1) is 0 Å². The molecule has 0 aliphatic carbocycles. The van der Waals surface area contributed by atoms with Gasteiger partial charge in [0.25, 0.3) is 0 Å². The summed E-state index contributed by atoms with van der Waals surface area (Å²) in [5.74, 6) is 1.40. The molecule has 1 N–H and O–H groups in total. The van der Waals surface area contributed by atoms with Crippen molar-refractivity contribution in [2.45, 2.75) is 32.7 Å². The van der Waals surface area contributed by atoms with Crippen LogP contribution in [0.3, 0.4) is 0 Å². The third-order valence-corrected chi connectivity index (χ3v) is 6.12. The van der Waals surface area contributed by atoms with Crippen molar-refractivity contribution in [1.29, 1.82) is 0 Å². The number of hydrogen-bond acceptors (Lipinski definition) is 3. The number of piperidine rings is 1. The number of carbonyl (C=O) groups excluding carboxylic acids is 1. The second-order valence-corrected chi connectivity index (χ2v) is 8.59. The first-order chi connectivity index (χ1) is 14.2. The molecule has 6 heteroatoms. The third-order valence-electron chi connectivity index (χ3n) is 5.59. The van der Waals surface area contributed by atoms with Gasteiger partial charge < -0.3 is 5.32 Å². The molecule has 1 saturated heterocycles. The van der Waals surface area contributed by atoms with Gasteiger partial charge >= 0.3 is 0 Å². The standard InChI is InChI=1S/C23H27BrN4O/c1-2-13-25-23(29)17-11-14-27(15-12-17)16-22-26-20-5-3-4-6-21(20)28(22)19-9-7-18(24)8-10-19/h3-10,17H,2,11-16H2,1H3,(H,25,29). The van der Waals surface area contributed by atoms with E-state index in [2.05, 4.69) is 80.1 Å². The fraction of sp³-hybridized carbons (Fsp3) is 0.391. The van der Waals surface area contributed by atoms with E-state index in [1.54, 1.807) is 0 Å². The normalized spacial score (nSPS) is 15.7. The zero-order valence-corrected chi connectivity index (χ0v) is 18.4. The maximum Gasteiger partial charge on any atom is 0.223 e. The highest BCUT2D eigenvalue weighted by atomic mass is 79.9. The van der Waals surface area contributed by atoms with E-state index < -0.39 is 0 Å². The molecule has 1 amide bonds. The van der Waals surface area contributed by atoms with Crippen molar-refractivity contribution < 1.29 is 4.79 Å². The molecule has 1 aromatic heterocycles. The molecule has 0 unspecified atom stereocenters. The number of imidazole rings is 1. The monoisotopic (exact) mass is 454 g/mol. The Morgan fingerprint density at radius 3 is 2.59 bits per heavy atom. The molecular formula is C23H27BrN4O. The van der Waals surface area contributed by atoms with Crippen LogP contribution in [0.4, 0.5) is 0 Å². The van der Waals surface area contributed by atoms with Gasteiger partial charge in [0.2, 0.25) is 5.91 Å². The van der Waals surface area contributed by atoms with E-state index in [1.807, 2.05) is 6.07 Å². The van der Waals surface area contributed by atoms with E-state index >= 15 is 0 Å². The van der Waals surface area contributed by atoms with E-state index in [9.17, 15) is 4.79 Å². The summed E-state index contributed by atoms with van der Waals surface area (Å²) in [4.78, 5) is 19.6. The Kier molecular flexibility index (Phi) is 6.31. The lowest BCUT2D eigenvalue weighted by Gasteiger charge is -2.31. The molecule has 2 aromatic carbocycles. The highest BCUT2D eigenvalue weighted by Crippen LogP contribution is 2.25. The molecule has 0 radical (unpaired) electrons. The molecule has 0 spiro atoms. The number of benzene rings is 2. The average Bonchev–Trinajstić information content (AvgIpc) is 3.11. The smallest absolute Gasteiger partial charge is 0.223 e. The number of hydrogen-bond donors (Lipinski definition) is 1. The summed E-state index contributed by atoms with van der Waals surface area (Å²) in [6, 6.07) is 16.6. The number of rotatable bonds is 6. The minimum Gasteiger partial charge on any atom is -0.356 e. The molecule has 2 heterocycles. The number of nitrogens with zero attached hydrogens (tertiary/aromatic N) is 3. The highest BCUT2D eigenvalue weighted by molar-refractivity contribution is 9.10. The van der Waals surface area contributed by atoms with Crippen LogP contribution in [-0.2, 0) is 11.3 Å². The first-order valence-corrected chi connectivity index (χ1v) is 11.2. The molecular weight excluding hydrogens is 428 g/mol. The molecule has 3 aromatic rings. The summed E-state index contributed by atoms with van der Waals surface area (Å²) < 4.78 is 3.32. The van der Waals surface area contributed by atoms with Gasteiger partial charge in [0.1, 0.15) is 5.82 Å². The highest BCUT2D eigenvalue weighted by Gasteiger charge is 2.26. The zero-order valence-electron chi connectivity index (χ0n) is 16.8. The van der Waals surface area contributed by atoms with Crippen LogP contribution in [-0.4, -0.2) is 40.0 Å². The lowest BCUT2D eigenvalue weighted by atomic mass is 9.96. The summed E-state index contributed by atoms with van der Waals surface area (Å²) in [6.07, 6.45) is 2.80. The number of halogens is 1. The van der Waals surface area contributed by atoms with Crippen LogP contribution in [0.25, 0.3) is 16.7 Å². The van der Waals surface area contributed by atoms with Gasteiger partial charge in [-0.3, -0.25) is 14.3 Å². The second-order valence-electron chi connectivity index (χ2n) is 7.67. The van der Waals surface area contributed by atoms with Crippen LogP contribution in [0.2, 0.25) is 0 Å². The van der Waals surface area contributed by atoms with E-state index in [4.69, 9.17) is 4.98 Å². The number of nitrogens with one attached hydrogen (secondary N) is 1. The zero-order chi connectivity index (χ0) is 20.2. The van der Waals surface area contributed by atoms with Crippen molar-refractivity contribution in [3.63, 3.8) is 0 Å². The van der Waals surface area contributed by atoms with Gasteiger partial charge in [-0.2, -0.15) is 0 Å². The van der Waals surface area contributed by atoms with E-state index in [0.29, 0.717) is 0 Å². The number of fused-ring (bicyclic) bond motifs is 1. The van der Waals surface area contributed by atoms with Crippen molar-refractivity contribution in [3.05, 3.63) is 58.8 Å². The Morgan fingerprint density at radius 2 is 1.86 bits per heavy atom. The van der Waals surface area contributed by atoms with E-state index in [0.717, 1.165) is 72.5 Å². The van der Waals surface area contributed by atoms with Gasteiger partial charge in [-0.1, -0.05) is 35.0 Å². The molecule has 152 valence electrons. The van der Waals surface area contributed by atoms with Crippen LogP contribution < -0.4 is 5.32 Å². The Hall–Kier alpha value is -2.18. The molecule has 0 saturated carbocycles. The number of carbonyl (C=O) groups is 1. The summed E-state index contributed by atoms with van der Waals surface area (Å²) in [5.41, 5.74) is 3.25. The molecule has 0 atom stereocenters. The number of likely N-dealkylation sites (tertiary alicyclic amines) is 1. The SMILES string of the molecule is CCCNC(=O)C1CCN(Cc2nc3ccccc3n2-c2ccc(Br)cc2)CC1.